The average molecular weight is 312 g/mol. The second kappa shape index (κ2) is 8.79. The summed E-state index contributed by atoms with van der Waals surface area (Å²) in [4.78, 5) is 24.9. The molecule has 1 aromatic heterocycles. The van der Waals surface area contributed by atoms with Crippen molar-refractivity contribution < 1.29 is 14.3 Å². The molecule has 1 rings (SSSR count). The maximum Gasteiger partial charge on any atom is 0.341 e. The van der Waals surface area contributed by atoms with E-state index in [1.807, 2.05) is 13.8 Å². The Hall–Kier alpha value is -1.40. The van der Waals surface area contributed by atoms with Crippen molar-refractivity contribution in [3.63, 3.8) is 0 Å². The van der Waals surface area contributed by atoms with Crippen molar-refractivity contribution in [3.8, 4) is 0 Å². The molecule has 0 saturated heterocycles. The van der Waals surface area contributed by atoms with Gasteiger partial charge >= 0.3 is 5.97 Å². The zero-order valence-electron chi connectivity index (χ0n) is 13.1. The maximum absolute atomic E-state index is 11.9. The Morgan fingerprint density at radius 2 is 2.05 bits per heavy atom. The number of hydrogen-bond acceptors (Lipinski definition) is 5. The summed E-state index contributed by atoms with van der Waals surface area (Å²) >= 11 is 1.42. The second-order valence-corrected chi connectivity index (χ2v) is 5.90. The molecule has 0 spiro atoms. The van der Waals surface area contributed by atoms with Crippen LogP contribution in [0.15, 0.2) is 6.07 Å². The molecule has 1 aromatic rings. The number of thiophene rings is 1. The van der Waals surface area contributed by atoms with E-state index in [1.54, 1.807) is 13.0 Å². The maximum atomic E-state index is 11.9. The highest BCUT2D eigenvalue weighted by molar-refractivity contribution is 7.16. The van der Waals surface area contributed by atoms with Crippen LogP contribution in [0.5, 0.6) is 0 Å². The van der Waals surface area contributed by atoms with Gasteiger partial charge in [0.05, 0.1) is 18.7 Å². The van der Waals surface area contributed by atoms with E-state index in [4.69, 9.17) is 4.74 Å². The van der Waals surface area contributed by atoms with E-state index in [1.165, 1.54) is 11.3 Å². The Balaban J connectivity index is 2.74. The zero-order valence-corrected chi connectivity index (χ0v) is 13.9. The summed E-state index contributed by atoms with van der Waals surface area (Å²) in [5.74, 6) is -0.538. The van der Waals surface area contributed by atoms with Crippen LogP contribution in [0.25, 0.3) is 0 Å². The number of carbonyl (C=O) groups excluding carboxylic acids is 2. The molecule has 1 heterocycles. The topological polar surface area (TPSA) is 67.4 Å². The van der Waals surface area contributed by atoms with E-state index in [0.29, 0.717) is 17.2 Å². The number of esters is 1. The van der Waals surface area contributed by atoms with Gasteiger partial charge in [-0.1, -0.05) is 13.8 Å². The zero-order chi connectivity index (χ0) is 15.8. The lowest BCUT2D eigenvalue weighted by Crippen LogP contribution is -2.34. The van der Waals surface area contributed by atoms with Crippen LogP contribution in [0, 0.1) is 0 Å². The van der Waals surface area contributed by atoms with Gasteiger partial charge in [-0.25, -0.2) is 4.79 Å². The molecule has 1 unspecified atom stereocenters. The number of amides is 1. The SMILES string of the molecule is CCOC(=O)c1cc(CC)sc1NC(=O)CNC(C)CC. The first-order chi connectivity index (χ1) is 10.0. The molecule has 0 aliphatic carbocycles. The summed E-state index contributed by atoms with van der Waals surface area (Å²) in [7, 11) is 0. The van der Waals surface area contributed by atoms with Crippen molar-refractivity contribution in [2.24, 2.45) is 0 Å². The molecule has 2 N–H and O–H groups in total. The number of carbonyl (C=O) groups is 2. The normalized spacial score (nSPS) is 12.0. The molecule has 1 amide bonds. The van der Waals surface area contributed by atoms with Gasteiger partial charge in [0.2, 0.25) is 5.91 Å². The average Bonchev–Trinajstić information content (AvgIpc) is 2.88. The fourth-order valence-electron chi connectivity index (χ4n) is 1.65. The summed E-state index contributed by atoms with van der Waals surface area (Å²) < 4.78 is 5.02. The van der Waals surface area contributed by atoms with Gasteiger partial charge in [-0.2, -0.15) is 0 Å². The van der Waals surface area contributed by atoms with E-state index in [9.17, 15) is 9.59 Å². The first kappa shape index (κ1) is 17.7. The van der Waals surface area contributed by atoms with Gasteiger partial charge in [0, 0.05) is 10.9 Å². The Morgan fingerprint density at radius 1 is 1.33 bits per heavy atom. The first-order valence-electron chi connectivity index (χ1n) is 7.34. The molecule has 118 valence electrons. The smallest absolute Gasteiger partial charge is 0.341 e. The quantitative estimate of drug-likeness (QED) is 0.724. The monoisotopic (exact) mass is 312 g/mol. The highest BCUT2D eigenvalue weighted by Crippen LogP contribution is 2.29. The third kappa shape index (κ3) is 5.47. The van der Waals surface area contributed by atoms with Gasteiger partial charge in [0.1, 0.15) is 5.00 Å². The molecule has 0 saturated carbocycles. The Labute approximate surface area is 130 Å². The third-order valence-corrected chi connectivity index (χ3v) is 4.30. The number of aryl methyl sites for hydroxylation is 1. The standard InChI is InChI=1S/C15H24N2O3S/c1-5-10(4)16-9-13(18)17-14-12(15(19)20-7-3)8-11(6-2)21-14/h8,10,16H,5-7,9H2,1-4H3,(H,17,18). The van der Waals surface area contributed by atoms with Gasteiger partial charge in [-0.3, -0.25) is 4.79 Å². The van der Waals surface area contributed by atoms with E-state index < -0.39 is 5.97 Å². The molecule has 0 radical (unpaired) electrons. The van der Waals surface area contributed by atoms with E-state index in [-0.39, 0.29) is 18.5 Å². The predicted molar refractivity (Wildman–Crippen MR) is 86.0 cm³/mol. The number of nitrogens with one attached hydrogen (secondary N) is 2. The molecule has 0 aliphatic rings. The molecule has 0 fully saturated rings. The predicted octanol–water partition coefficient (Wildman–Crippen LogP) is 2.81. The Kier molecular flexibility index (Phi) is 7.39. The summed E-state index contributed by atoms with van der Waals surface area (Å²) in [5, 5.41) is 6.49. The van der Waals surface area contributed by atoms with Crippen molar-refractivity contribution in [1.82, 2.24) is 5.32 Å². The Bertz CT molecular complexity index is 485. The molecule has 6 heteroatoms. The summed E-state index contributed by atoms with van der Waals surface area (Å²) in [6.07, 6.45) is 1.78. The molecule has 0 aliphatic heterocycles. The second-order valence-electron chi connectivity index (χ2n) is 4.77. The van der Waals surface area contributed by atoms with E-state index in [0.717, 1.165) is 17.7 Å². The van der Waals surface area contributed by atoms with E-state index in [2.05, 4.69) is 17.6 Å². The van der Waals surface area contributed by atoms with Crippen molar-refractivity contribution in [2.45, 2.75) is 46.6 Å². The molecular weight excluding hydrogens is 288 g/mol. The summed E-state index contributed by atoms with van der Waals surface area (Å²) in [6, 6.07) is 2.08. The lowest BCUT2D eigenvalue weighted by Gasteiger charge is -2.11. The van der Waals surface area contributed by atoms with Crippen molar-refractivity contribution in [3.05, 3.63) is 16.5 Å². The largest absolute Gasteiger partial charge is 0.462 e. The van der Waals surface area contributed by atoms with Gasteiger partial charge in [-0.15, -0.1) is 11.3 Å². The number of anilines is 1. The fourth-order valence-corrected chi connectivity index (χ4v) is 2.65. The van der Waals surface area contributed by atoms with Crippen LogP contribution in [-0.4, -0.2) is 31.1 Å². The van der Waals surface area contributed by atoms with Crippen LogP contribution in [-0.2, 0) is 16.0 Å². The molecule has 0 aromatic carbocycles. The molecule has 5 nitrogen and oxygen atoms in total. The van der Waals surface area contributed by atoms with Crippen LogP contribution in [0.4, 0.5) is 5.00 Å². The van der Waals surface area contributed by atoms with Crippen molar-refractivity contribution in [2.75, 3.05) is 18.5 Å². The van der Waals surface area contributed by atoms with Gasteiger partial charge in [0.15, 0.2) is 0 Å². The van der Waals surface area contributed by atoms with Crippen molar-refractivity contribution >= 4 is 28.2 Å². The van der Waals surface area contributed by atoms with Crippen LogP contribution in [0.3, 0.4) is 0 Å². The van der Waals surface area contributed by atoms with Crippen molar-refractivity contribution in [1.29, 1.82) is 0 Å². The van der Waals surface area contributed by atoms with Gasteiger partial charge in [-0.05, 0) is 32.8 Å². The summed E-state index contributed by atoms with van der Waals surface area (Å²) in [6.45, 7) is 8.41. The lowest BCUT2D eigenvalue weighted by molar-refractivity contribution is -0.115. The minimum atomic E-state index is -0.390. The van der Waals surface area contributed by atoms with Crippen LogP contribution >= 0.6 is 11.3 Å². The fraction of sp³-hybridized carbons (Fsp3) is 0.600. The number of ether oxygens (including phenoxy) is 1. The van der Waals surface area contributed by atoms with Crippen LogP contribution in [0.1, 0.15) is 49.4 Å². The highest BCUT2D eigenvalue weighted by atomic mass is 32.1. The first-order valence-corrected chi connectivity index (χ1v) is 8.16. The lowest BCUT2D eigenvalue weighted by atomic mass is 10.2. The van der Waals surface area contributed by atoms with E-state index >= 15 is 0 Å². The third-order valence-electron chi connectivity index (χ3n) is 3.10. The minimum Gasteiger partial charge on any atom is -0.462 e. The Morgan fingerprint density at radius 3 is 2.62 bits per heavy atom. The van der Waals surface area contributed by atoms with Gasteiger partial charge < -0.3 is 15.4 Å². The number of rotatable bonds is 8. The summed E-state index contributed by atoms with van der Waals surface area (Å²) in [5.41, 5.74) is 0.440. The molecule has 21 heavy (non-hydrogen) atoms. The minimum absolute atomic E-state index is 0.148. The van der Waals surface area contributed by atoms with Gasteiger partial charge in [0.25, 0.3) is 0 Å². The molecule has 1 atom stereocenters. The number of hydrogen-bond donors (Lipinski definition) is 2. The van der Waals surface area contributed by atoms with Crippen LogP contribution in [0.2, 0.25) is 0 Å². The highest BCUT2D eigenvalue weighted by Gasteiger charge is 2.18. The molecular formula is C15H24N2O3S. The molecule has 0 bridgehead atoms. The van der Waals surface area contributed by atoms with Crippen LogP contribution < -0.4 is 10.6 Å².